The molecular formula is C15H15N2O2+. The highest BCUT2D eigenvalue weighted by molar-refractivity contribution is 5.95. The zero-order valence-electron chi connectivity index (χ0n) is 10.7. The molecule has 0 spiro atoms. The summed E-state index contributed by atoms with van der Waals surface area (Å²) in [5, 5.41) is 11.4. The van der Waals surface area contributed by atoms with Crippen molar-refractivity contribution in [2.24, 2.45) is 5.16 Å². The number of rotatable bonds is 4. The highest BCUT2D eigenvalue weighted by atomic mass is 16.4. The zero-order valence-corrected chi connectivity index (χ0v) is 10.7. The number of hydrogen-bond acceptors (Lipinski definition) is 3. The van der Waals surface area contributed by atoms with Gasteiger partial charge < -0.3 is 5.21 Å². The van der Waals surface area contributed by atoms with Gasteiger partial charge in [0, 0.05) is 23.3 Å². The first-order chi connectivity index (χ1) is 9.19. The number of aromatic nitrogens is 1. The van der Waals surface area contributed by atoms with Crippen LogP contribution in [0.15, 0.2) is 53.9 Å². The molecule has 2 rings (SSSR count). The quantitative estimate of drug-likeness (QED) is 0.298. The van der Waals surface area contributed by atoms with Gasteiger partial charge in [0.05, 0.1) is 6.21 Å². The third kappa shape index (κ3) is 3.48. The number of benzene rings is 1. The molecule has 2 aromatic rings. The number of hydrogen-bond donors (Lipinski definition) is 1. The van der Waals surface area contributed by atoms with Gasteiger partial charge in [-0.1, -0.05) is 35.0 Å². The lowest BCUT2D eigenvalue weighted by Crippen LogP contribution is -2.37. The average Bonchev–Trinajstić information content (AvgIpc) is 2.42. The standard InChI is InChI=1S/C15H14N2O2/c1-12-2-4-14(5-3-12)15(18)11-17-8-6-13(7-9-17)10-16-19/h2-10H,11H2,1H3/p+1. The van der Waals surface area contributed by atoms with E-state index in [9.17, 15) is 4.79 Å². The first-order valence-corrected chi connectivity index (χ1v) is 5.95. The van der Waals surface area contributed by atoms with Crippen LogP contribution in [0.1, 0.15) is 21.5 Å². The topological polar surface area (TPSA) is 53.5 Å². The fourth-order valence-corrected chi connectivity index (χ4v) is 1.72. The fraction of sp³-hybridized carbons (Fsp3) is 0.133. The summed E-state index contributed by atoms with van der Waals surface area (Å²) < 4.78 is 1.79. The zero-order chi connectivity index (χ0) is 13.7. The molecule has 19 heavy (non-hydrogen) atoms. The molecule has 0 amide bonds. The number of carbonyl (C=O) groups excluding carboxylic acids is 1. The van der Waals surface area contributed by atoms with Crippen LogP contribution in [-0.4, -0.2) is 17.2 Å². The lowest BCUT2D eigenvalue weighted by molar-refractivity contribution is -0.683. The monoisotopic (exact) mass is 255 g/mol. The van der Waals surface area contributed by atoms with Crippen LogP contribution >= 0.6 is 0 Å². The SMILES string of the molecule is Cc1ccc(C(=O)C[n+]2ccc(C=NO)cc2)cc1. The van der Waals surface area contributed by atoms with Crippen LogP contribution in [0.4, 0.5) is 0 Å². The molecule has 0 saturated carbocycles. The number of carbonyl (C=O) groups is 1. The summed E-state index contributed by atoms with van der Waals surface area (Å²) >= 11 is 0. The Morgan fingerprint density at radius 2 is 1.84 bits per heavy atom. The van der Waals surface area contributed by atoms with Crippen LogP contribution in [-0.2, 0) is 6.54 Å². The average molecular weight is 255 g/mol. The summed E-state index contributed by atoms with van der Waals surface area (Å²) in [5.41, 5.74) is 2.62. The maximum absolute atomic E-state index is 12.0. The summed E-state index contributed by atoms with van der Waals surface area (Å²) in [5.74, 6) is 0.0635. The van der Waals surface area contributed by atoms with E-state index in [0.29, 0.717) is 12.1 Å². The van der Waals surface area contributed by atoms with Crippen LogP contribution in [0.25, 0.3) is 0 Å². The molecule has 1 aromatic heterocycles. The summed E-state index contributed by atoms with van der Waals surface area (Å²) in [6.07, 6.45) is 4.90. The summed E-state index contributed by atoms with van der Waals surface area (Å²) in [7, 11) is 0. The molecule has 0 saturated heterocycles. The second-order valence-corrected chi connectivity index (χ2v) is 4.34. The Morgan fingerprint density at radius 3 is 2.42 bits per heavy atom. The number of nitrogens with zero attached hydrogens (tertiary/aromatic N) is 2. The lowest BCUT2D eigenvalue weighted by atomic mass is 10.1. The van der Waals surface area contributed by atoms with Crippen molar-refractivity contribution in [2.45, 2.75) is 13.5 Å². The Kier molecular flexibility index (Phi) is 4.03. The maximum atomic E-state index is 12.0. The van der Waals surface area contributed by atoms with Gasteiger partial charge in [-0.3, -0.25) is 4.79 Å². The molecule has 0 bridgehead atoms. The molecule has 1 aromatic carbocycles. The fourth-order valence-electron chi connectivity index (χ4n) is 1.72. The predicted molar refractivity (Wildman–Crippen MR) is 71.5 cm³/mol. The second kappa shape index (κ2) is 5.91. The van der Waals surface area contributed by atoms with E-state index in [2.05, 4.69) is 5.16 Å². The minimum atomic E-state index is 0.0635. The molecule has 0 fully saturated rings. The highest BCUT2D eigenvalue weighted by Crippen LogP contribution is 2.04. The molecule has 0 atom stereocenters. The molecule has 0 unspecified atom stereocenters. The highest BCUT2D eigenvalue weighted by Gasteiger charge is 2.11. The van der Waals surface area contributed by atoms with Crippen LogP contribution < -0.4 is 4.57 Å². The van der Waals surface area contributed by atoms with Crippen molar-refractivity contribution in [1.29, 1.82) is 0 Å². The molecular weight excluding hydrogens is 240 g/mol. The third-order valence-corrected chi connectivity index (χ3v) is 2.82. The van der Waals surface area contributed by atoms with E-state index >= 15 is 0 Å². The van der Waals surface area contributed by atoms with Crippen molar-refractivity contribution in [2.75, 3.05) is 0 Å². The van der Waals surface area contributed by atoms with E-state index in [1.165, 1.54) is 6.21 Å². The van der Waals surface area contributed by atoms with Gasteiger partial charge >= 0.3 is 0 Å². The third-order valence-electron chi connectivity index (χ3n) is 2.82. The van der Waals surface area contributed by atoms with E-state index in [1.807, 2.05) is 31.2 Å². The van der Waals surface area contributed by atoms with Gasteiger partial charge in [-0.05, 0) is 6.92 Å². The Bertz CT molecular complexity index is 587. The van der Waals surface area contributed by atoms with E-state index in [1.54, 1.807) is 29.1 Å². The number of Topliss-reactive ketones (excluding diaryl/α,β-unsaturated/α-hetero) is 1. The van der Waals surface area contributed by atoms with Gasteiger partial charge in [0.2, 0.25) is 12.3 Å². The first kappa shape index (κ1) is 13.0. The molecule has 0 aliphatic rings. The predicted octanol–water partition coefficient (Wildman–Crippen LogP) is 1.97. The number of pyridine rings is 1. The van der Waals surface area contributed by atoms with Gasteiger partial charge in [0.15, 0.2) is 12.4 Å². The van der Waals surface area contributed by atoms with E-state index in [4.69, 9.17) is 5.21 Å². The molecule has 1 N–H and O–H groups in total. The van der Waals surface area contributed by atoms with E-state index in [-0.39, 0.29) is 5.78 Å². The van der Waals surface area contributed by atoms with Crippen molar-refractivity contribution < 1.29 is 14.6 Å². The summed E-state index contributed by atoms with van der Waals surface area (Å²) in [4.78, 5) is 12.0. The maximum Gasteiger partial charge on any atom is 0.227 e. The molecule has 1 heterocycles. The number of ketones is 1. The molecule has 96 valence electrons. The molecule has 4 heteroatoms. The second-order valence-electron chi connectivity index (χ2n) is 4.34. The van der Waals surface area contributed by atoms with E-state index in [0.717, 1.165) is 11.1 Å². The van der Waals surface area contributed by atoms with Crippen LogP contribution in [0.5, 0.6) is 0 Å². The van der Waals surface area contributed by atoms with Crippen molar-refractivity contribution >= 4 is 12.0 Å². The van der Waals surface area contributed by atoms with E-state index < -0.39 is 0 Å². The Labute approximate surface area is 111 Å². The largest absolute Gasteiger partial charge is 0.411 e. The van der Waals surface area contributed by atoms with Crippen molar-refractivity contribution in [3.05, 3.63) is 65.5 Å². The normalized spacial score (nSPS) is 10.8. The molecule has 0 aliphatic heterocycles. The minimum Gasteiger partial charge on any atom is -0.411 e. The molecule has 0 aliphatic carbocycles. The van der Waals surface area contributed by atoms with Crippen molar-refractivity contribution in [3.8, 4) is 0 Å². The van der Waals surface area contributed by atoms with Crippen molar-refractivity contribution in [1.82, 2.24) is 0 Å². The van der Waals surface area contributed by atoms with Gasteiger partial charge in [0.1, 0.15) is 0 Å². The summed E-state index contributed by atoms with van der Waals surface area (Å²) in [6.45, 7) is 2.28. The van der Waals surface area contributed by atoms with Gasteiger partial charge in [0.25, 0.3) is 0 Å². The van der Waals surface area contributed by atoms with Crippen LogP contribution in [0.3, 0.4) is 0 Å². The lowest BCUT2D eigenvalue weighted by Gasteiger charge is -1.99. The Morgan fingerprint density at radius 1 is 1.21 bits per heavy atom. The number of oxime groups is 1. The summed E-state index contributed by atoms with van der Waals surface area (Å²) in [6, 6.07) is 11.1. The van der Waals surface area contributed by atoms with Gasteiger partial charge in [-0.15, -0.1) is 0 Å². The Balaban J connectivity index is 2.08. The molecule has 4 nitrogen and oxygen atoms in total. The van der Waals surface area contributed by atoms with Gasteiger partial charge in [-0.2, -0.15) is 4.57 Å². The van der Waals surface area contributed by atoms with Crippen molar-refractivity contribution in [3.63, 3.8) is 0 Å². The first-order valence-electron chi connectivity index (χ1n) is 5.95. The van der Waals surface area contributed by atoms with Crippen LogP contribution in [0, 0.1) is 6.92 Å². The minimum absolute atomic E-state index is 0.0635. The number of aryl methyl sites for hydroxylation is 1. The van der Waals surface area contributed by atoms with Gasteiger partial charge in [-0.25, -0.2) is 0 Å². The Hall–Kier alpha value is -2.49. The molecule has 0 radical (unpaired) electrons. The van der Waals surface area contributed by atoms with Crippen LogP contribution in [0.2, 0.25) is 0 Å². The smallest absolute Gasteiger partial charge is 0.227 e.